The van der Waals surface area contributed by atoms with Gasteiger partial charge in [0.2, 0.25) is 11.9 Å². The number of aliphatic hydroxyl groups is 1. The van der Waals surface area contributed by atoms with Crippen LogP contribution in [-0.2, 0) is 11.3 Å². The number of benzene rings is 1. The molecule has 34 heavy (non-hydrogen) atoms. The van der Waals surface area contributed by atoms with Crippen LogP contribution < -0.4 is 15.4 Å². The number of rotatable bonds is 5. The summed E-state index contributed by atoms with van der Waals surface area (Å²) >= 11 is 0. The molecule has 3 N–H and O–H groups in total. The van der Waals surface area contributed by atoms with Gasteiger partial charge in [-0.2, -0.15) is 9.61 Å². The Bertz CT molecular complexity index is 1410. The summed E-state index contributed by atoms with van der Waals surface area (Å²) in [5.74, 6) is -0.890. The molecule has 1 fully saturated rings. The van der Waals surface area contributed by atoms with Crippen LogP contribution in [0.5, 0.6) is 5.75 Å². The van der Waals surface area contributed by atoms with Crippen molar-refractivity contribution in [1.29, 1.82) is 0 Å². The molecule has 0 saturated carbocycles. The van der Waals surface area contributed by atoms with Gasteiger partial charge in [-0.15, -0.1) is 5.10 Å². The van der Waals surface area contributed by atoms with Gasteiger partial charge in [0.15, 0.2) is 23.0 Å². The standard InChI is InChI=1S/C22H25FN8O3/c1-22(2,33)11-29-10-12(9-25-29)30-6-4-5-13(20(30)32)18-27-19-14-7-15(23)17(34-3)8-16(14)26-21(24)31(19)28-18/h7-10,13,33H,4-6,11H2,1-3H3,(H2,24,26). The Labute approximate surface area is 194 Å². The fourth-order valence-corrected chi connectivity index (χ4v) is 4.30. The van der Waals surface area contributed by atoms with Gasteiger partial charge in [-0.25, -0.2) is 14.4 Å². The highest BCUT2D eigenvalue weighted by molar-refractivity contribution is 5.98. The lowest BCUT2D eigenvalue weighted by Gasteiger charge is -2.30. The molecule has 0 aliphatic carbocycles. The molecule has 1 amide bonds. The van der Waals surface area contributed by atoms with Crippen LogP contribution in [0.2, 0.25) is 0 Å². The van der Waals surface area contributed by atoms with Crippen LogP contribution in [0.4, 0.5) is 16.0 Å². The SMILES string of the molecule is COc1cc2nc(N)n3nc(C4CCCN(c5cnn(CC(C)(C)O)c5)C4=O)nc3c2cc1F. The third-order valence-electron chi connectivity index (χ3n) is 5.82. The smallest absolute Gasteiger partial charge is 0.237 e. The summed E-state index contributed by atoms with van der Waals surface area (Å²) in [6.45, 7) is 4.22. The summed E-state index contributed by atoms with van der Waals surface area (Å²) in [6.07, 6.45) is 4.65. The molecular formula is C22H25FN8O3. The van der Waals surface area contributed by atoms with E-state index >= 15 is 0 Å². The highest BCUT2D eigenvalue weighted by Gasteiger charge is 2.35. The predicted molar refractivity (Wildman–Crippen MR) is 122 cm³/mol. The largest absolute Gasteiger partial charge is 0.494 e. The van der Waals surface area contributed by atoms with Crippen LogP contribution in [0.25, 0.3) is 16.6 Å². The van der Waals surface area contributed by atoms with Gasteiger partial charge in [-0.05, 0) is 32.8 Å². The second-order valence-corrected chi connectivity index (χ2v) is 9.07. The fourth-order valence-electron chi connectivity index (χ4n) is 4.30. The first-order valence-electron chi connectivity index (χ1n) is 10.9. The summed E-state index contributed by atoms with van der Waals surface area (Å²) in [5, 5.41) is 19.2. The quantitative estimate of drug-likeness (QED) is 0.453. The zero-order valence-corrected chi connectivity index (χ0v) is 19.1. The van der Waals surface area contributed by atoms with E-state index < -0.39 is 17.3 Å². The van der Waals surface area contributed by atoms with Gasteiger partial charge < -0.3 is 20.5 Å². The molecule has 0 radical (unpaired) electrons. The number of ether oxygens (including phenoxy) is 1. The van der Waals surface area contributed by atoms with Crippen molar-refractivity contribution in [2.24, 2.45) is 0 Å². The Morgan fingerprint density at radius 3 is 2.85 bits per heavy atom. The van der Waals surface area contributed by atoms with E-state index in [0.717, 1.165) is 6.42 Å². The molecule has 4 aromatic rings. The fraction of sp³-hybridized carbons (Fsp3) is 0.409. The molecule has 0 bridgehead atoms. The van der Waals surface area contributed by atoms with Crippen molar-refractivity contribution < 1.29 is 19.0 Å². The van der Waals surface area contributed by atoms with Gasteiger partial charge in [0.25, 0.3) is 0 Å². The van der Waals surface area contributed by atoms with Crippen LogP contribution in [0.3, 0.4) is 0 Å². The van der Waals surface area contributed by atoms with Gasteiger partial charge in [-0.3, -0.25) is 9.48 Å². The molecule has 3 aromatic heterocycles. The Morgan fingerprint density at radius 2 is 2.12 bits per heavy atom. The highest BCUT2D eigenvalue weighted by atomic mass is 19.1. The number of halogens is 1. The molecule has 5 rings (SSSR count). The Morgan fingerprint density at radius 1 is 1.32 bits per heavy atom. The number of fused-ring (bicyclic) bond motifs is 3. The maximum atomic E-state index is 14.4. The molecule has 1 unspecified atom stereocenters. The molecule has 11 nitrogen and oxygen atoms in total. The number of amides is 1. The van der Waals surface area contributed by atoms with E-state index in [1.165, 1.54) is 23.8 Å². The van der Waals surface area contributed by atoms with Gasteiger partial charge >= 0.3 is 0 Å². The lowest BCUT2D eigenvalue weighted by atomic mass is 9.96. The van der Waals surface area contributed by atoms with E-state index in [4.69, 9.17) is 10.5 Å². The van der Waals surface area contributed by atoms with Crippen molar-refractivity contribution in [3.05, 3.63) is 36.2 Å². The number of hydrogen-bond donors (Lipinski definition) is 2. The molecule has 1 aliphatic heterocycles. The van der Waals surface area contributed by atoms with Crippen LogP contribution in [0, 0.1) is 5.82 Å². The molecular weight excluding hydrogens is 443 g/mol. The van der Waals surface area contributed by atoms with E-state index in [9.17, 15) is 14.3 Å². The van der Waals surface area contributed by atoms with E-state index in [1.807, 2.05) is 0 Å². The minimum Gasteiger partial charge on any atom is -0.494 e. The van der Waals surface area contributed by atoms with Crippen molar-refractivity contribution in [1.82, 2.24) is 29.4 Å². The van der Waals surface area contributed by atoms with E-state index in [-0.39, 0.29) is 17.6 Å². The highest BCUT2D eigenvalue weighted by Crippen LogP contribution is 2.32. The average Bonchev–Trinajstić information content (AvgIpc) is 3.41. The Hall–Kier alpha value is -3.80. The van der Waals surface area contributed by atoms with Gasteiger partial charge in [0.1, 0.15) is 5.92 Å². The molecule has 12 heteroatoms. The van der Waals surface area contributed by atoms with E-state index in [2.05, 4.69) is 20.2 Å². The number of nitrogen functional groups attached to an aromatic ring is 1. The number of nitrogens with two attached hydrogens (primary N) is 1. The maximum absolute atomic E-state index is 14.4. The normalized spacial score (nSPS) is 17.1. The minimum absolute atomic E-state index is 0.0479. The van der Waals surface area contributed by atoms with Crippen molar-refractivity contribution in [2.45, 2.75) is 44.8 Å². The van der Waals surface area contributed by atoms with Gasteiger partial charge in [0, 0.05) is 24.2 Å². The number of hydrogen-bond acceptors (Lipinski definition) is 8. The zero-order valence-electron chi connectivity index (χ0n) is 19.1. The lowest BCUT2D eigenvalue weighted by molar-refractivity contribution is -0.121. The van der Waals surface area contributed by atoms with Gasteiger partial charge in [-0.1, -0.05) is 0 Å². The molecule has 1 aliphatic rings. The third-order valence-corrected chi connectivity index (χ3v) is 5.82. The average molecular weight is 468 g/mol. The van der Waals surface area contributed by atoms with Crippen molar-refractivity contribution in [3.8, 4) is 5.75 Å². The van der Waals surface area contributed by atoms with Crippen LogP contribution in [0.1, 0.15) is 38.4 Å². The van der Waals surface area contributed by atoms with Crippen molar-refractivity contribution >= 4 is 34.1 Å². The number of aromatic nitrogens is 6. The number of carbonyl (C=O) groups excluding carboxylic acids is 1. The van der Waals surface area contributed by atoms with E-state index in [1.54, 1.807) is 35.8 Å². The first-order chi connectivity index (χ1) is 16.1. The summed E-state index contributed by atoms with van der Waals surface area (Å²) in [7, 11) is 1.37. The number of nitrogens with zero attached hydrogens (tertiary/aromatic N) is 7. The van der Waals surface area contributed by atoms with E-state index in [0.29, 0.717) is 47.6 Å². The third kappa shape index (κ3) is 3.79. The maximum Gasteiger partial charge on any atom is 0.237 e. The van der Waals surface area contributed by atoms with Crippen molar-refractivity contribution in [2.75, 3.05) is 24.3 Å². The number of piperidine rings is 1. The van der Waals surface area contributed by atoms with Gasteiger partial charge in [0.05, 0.1) is 36.7 Å². The summed E-state index contributed by atoms with van der Waals surface area (Å²) < 4.78 is 22.4. The van der Waals surface area contributed by atoms with Crippen molar-refractivity contribution in [3.63, 3.8) is 0 Å². The second kappa shape index (κ2) is 7.90. The molecule has 0 spiro atoms. The molecule has 1 atom stereocenters. The molecule has 178 valence electrons. The number of anilines is 2. The topological polar surface area (TPSA) is 137 Å². The predicted octanol–water partition coefficient (Wildman–Crippen LogP) is 1.89. The Kier molecular flexibility index (Phi) is 5.12. The summed E-state index contributed by atoms with van der Waals surface area (Å²) in [5.41, 5.74) is 6.54. The van der Waals surface area contributed by atoms with Crippen LogP contribution >= 0.6 is 0 Å². The van der Waals surface area contributed by atoms with Crippen LogP contribution in [-0.4, -0.2) is 59.6 Å². The minimum atomic E-state index is -0.932. The first-order valence-corrected chi connectivity index (χ1v) is 10.9. The molecule has 1 saturated heterocycles. The monoisotopic (exact) mass is 468 g/mol. The Balaban J connectivity index is 1.51. The zero-order chi connectivity index (χ0) is 24.2. The first kappa shape index (κ1) is 22.0. The van der Waals surface area contributed by atoms with Crippen LogP contribution in [0.15, 0.2) is 24.5 Å². The second-order valence-electron chi connectivity index (χ2n) is 9.07. The lowest BCUT2D eigenvalue weighted by Crippen LogP contribution is -2.40. The molecule has 1 aromatic carbocycles. The number of carbonyl (C=O) groups is 1. The summed E-state index contributed by atoms with van der Waals surface area (Å²) in [4.78, 5) is 23.9. The molecule has 4 heterocycles. The summed E-state index contributed by atoms with van der Waals surface area (Å²) in [6, 6.07) is 2.73. The number of methoxy groups -OCH3 is 1.